The summed E-state index contributed by atoms with van der Waals surface area (Å²) >= 11 is 6.02. The van der Waals surface area contributed by atoms with Gasteiger partial charge in [0.1, 0.15) is 0 Å². The van der Waals surface area contributed by atoms with Gasteiger partial charge in [0.15, 0.2) is 5.78 Å². The van der Waals surface area contributed by atoms with Gasteiger partial charge >= 0.3 is 0 Å². The number of halogens is 1. The summed E-state index contributed by atoms with van der Waals surface area (Å²) in [5.41, 5.74) is 0. The molecule has 0 aromatic carbocycles. The van der Waals surface area contributed by atoms with E-state index in [0.717, 1.165) is 3.79 Å². The van der Waals surface area contributed by atoms with Crippen molar-refractivity contribution in [2.45, 2.75) is 6.10 Å². The molecule has 0 aliphatic carbocycles. The Morgan fingerprint density at radius 1 is 1.60 bits per heavy atom. The first-order valence-corrected chi connectivity index (χ1v) is 7.05. The summed E-state index contributed by atoms with van der Waals surface area (Å²) in [6.07, 6.45) is -0.738. The van der Waals surface area contributed by atoms with Crippen molar-refractivity contribution in [1.82, 2.24) is 0 Å². The Labute approximate surface area is 105 Å². The lowest BCUT2D eigenvalue weighted by Gasteiger charge is -2.04. The Balaban J connectivity index is 2.31. The van der Waals surface area contributed by atoms with Gasteiger partial charge in [-0.05, 0) is 28.1 Å². The summed E-state index contributed by atoms with van der Waals surface area (Å²) < 4.78 is 0.936. The van der Waals surface area contributed by atoms with E-state index >= 15 is 0 Å². The van der Waals surface area contributed by atoms with E-state index in [0.29, 0.717) is 16.4 Å². The van der Waals surface area contributed by atoms with Crippen LogP contribution in [0.2, 0.25) is 0 Å². The zero-order valence-corrected chi connectivity index (χ0v) is 11.1. The molecule has 0 amide bonds. The second-order valence-corrected chi connectivity index (χ2v) is 6.37. The predicted octanol–water partition coefficient (Wildman–Crippen LogP) is 1.78. The van der Waals surface area contributed by atoms with Crippen molar-refractivity contribution in [3.63, 3.8) is 0 Å². The van der Waals surface area contributed by atoms with Gasteiger partial charge in [0.05, 0.1) is 27.1 Å². The van der Waals surface area contributed by atoms with E-state index in [1.165, 1.54) is 23.1 Å². The Bertz CT molecular complexity index is 327. The SMILES string of the molecule is O=C(CSCC(O)CO)c1ccc(Br)s1. The molecule has 0 fully saturated rings. The molecule has 6 heteroatoms. The van der Waals surface area contributed by atoms with Crippen molar-refractivity contribution in [3.8, 4) is 0 Å². The van der Waals surface area contributed by atoms with Crippen LogP contribution in [0.25, 0.3) is 0 Å². The van der Waals surface area contributed by atoms with Gasteiger partial charge in [-0.2, -0.15) is 11.8 Å². The molecule has 0 aliphatic rings. The molecular formula is C9H11BrO3S2. The van der Waals surface area contributed by atoms with Crippen LogP contribution in [0.4, 0.5) is 0 Å². The smallest absolute Gasteiger partial charge is 0.182 e. The van der Waals surface area contributed by atoms with Gasteiger partial charge in [-0.25, -0.2) is 0 Å². The number of thioether (sulfide) groups is 1. The van der Waals surface area contributed by atoms with Gasteiger partial charge in [0, 0.05) is 5.75 Å². The van der Waals surface area contributed by atoms with Crippen LogP contribution in [-0.4, -0.2) is 40.2 Å². The fourth-order valence-electron chi connectivity index (χ4n) is 0.876. The highest BCUT2D eigenvalue weighted by atomic mass is 79.9. The molecule has 0 saturated heterocycles. The first kappa shape index (κ1) is 13.2. The van der Waals surface area contributed by atoms with Crippen molar-refractivity contribution in [2.75, 3.05) is 18.1 Å². The summed E-state index contributed by atoms with van der Waals surface area (Å²) in [5, 5.41) is 17.6. The van der Waals surface area contributed by atoms with Crippen molar-refractivity contribution in [3.05, 3.63) is 20.8 Å². The number of hydrogen-bond acceptors (Lipinski definition) is 5. The summed E-state index contributed by atoms with van der Waals surface area (Å²) in [6.45, 7) is -0.258. The van der Waals surface area contributed by atoms with Crippen LogP contribution >= 0.6 is 39.0 Å². The Morgan fingerprint density at radius 3 is 2.87 bits per heavy atom. The molecule has 15 heavy (non-hydrogen) atoms. The minimum absolute atomic E-state index is 0.0563. The lowest BCUT2D eigenvalue weighted by molar-refractivity contribution is 0.102. The van der Waals surface area contributed by atoms with E-state index in [9.17, 15) is 4.79 Å². The lowest BCUT2D eigenvalue weighted by atomic mass is 10.4. The average Bonchev–Trinajstić information content (AvgIpc) is 2.64. The third kappa shape index (κ3) is 4.65. The van der Waals surface area contributed by atoms with E-state index in [2.05, 4.69) is 15.9 Å². The van der Waals surface area contributed by atoms with Crippen LogP contribution in [0.5, 0.6) is 0 Å². The molecule has 2 N–H and O–H groups in total. The van der Waals surface area contributed by atoms with E-state index in [-0.39, 0.29) is 12.4 Å². The van der Waals surface area contributed by atoms with Crippen LogP contribution < -0.4 is 0 Å². The van der Waals surface area contributed by atoms with Crippen LogP contribution in [-0.2, 0) is 0 Å². The number of aliphatic hydroxyl groups is 2. The zero-order chi connectivity index (χ0) is 11.3. The van der Waals surface area contributed by atoms with Gasteiger partial charge in [0.25, 0.3) is 0 Å². The highest BCUT2D eigenvalue weighted by molar-refractivity contribution is 9.11. The Kier molecular flexibility index (Phi) is 5.84. The Hall–Kier alpha value is 0.120. The highest BCUT2D eigenvalue weighted by Gasteiger charge is 2.10. The highest BCUT2D eigenvalue weighted by Crippen LogP contribution is 2.23. The van der Waals surface area contributed by atoms with Crippen molar-refractivity contribution < 1.29 is 15.0 Å². The first-order valence-electron chi connectivity index (χ1n) is 4.28. The third-order valence-electron chi connectivity index (χ3n) is 1.60. The number of carbonyl (C=O) groups is 1. The van der Waals surface area contributed by atoms with Crippen LogP contribution in [0.1, 0.15) is 9.67 Å². The standard InChI is InChI=1S/C9H11BrO3S2/c10-9-2-1-8(15-9)7(13)5-14-4-6(12)3-11/h1-2,6,11-12H,3-5H2. The second-order valence-electron chi connectivity index (χ2n) is 2.88. The number of carbonyl (C=O) groups excluding carboxylic acids is 1. The van der Waals surface area contributed by atoms with Gasteiger partial charge in [0.2, 0.25) is 0 Å². The molecule has 84 valence electrons. The molecular weight excluding hydrogens is 300 g/mol. The van der Waals surface area contributed by atoms with Crippen molar-refractivity contribution >= 4 is 44.8 Å². The molecule has 1 atom stereocenters. The van der Waals surface area contributed by atoms with E-state index < -0.39 is 6.10 Å². The number of ketones is 1. The summed E-state index contributed by atoms with van der Waals surface area (Å²) in [6, 6.07) is 3.62. The Morgan fingerprint density at radius 2 is 2.33 bits per heavy atom. The van der Waals surface area contributed by atoms with Crippen molar-refractivity contribution in [2.24, 2.45) is 0 Å². The number of hydrogen-bond donors (Lipinski definition) is 2. The molecule has 0 aliphatic heterocycles. The third-order valence-corrected chi connectivity index (χ3v) is 4.35. The number of thiophene rings is 1. The van der Waals surface area contributed by atoms with Gasteiger partial charge in [-0.15, -0.1) is 11.3 Å². The van der Waals surface area contributed by atoms with E-state index in [1.807, 2.05) is 6.07 Å². The first-order chi connectivity index (χ1) is 7.13. The molecule has 0 spiro atoms. The molecule has 1 heterocycles. The van der Waals surface area contributed by atoms with Crippen LogP contribution in [0.3, 0.4) is 0 Å². The molecule has 1 rings (SSSR count). The largest absolute Gasteiger partial charge is 0.394 e. The maximum Gasteiger partial charge on any atom is 0.182 e. The average molecular weight is 311 g/mol. The molecule has 3 nitrogen and oxygen atoms in total. The zero-order valence-electron chi connectivity index (χ0n) is 7.85. The fourth-order valence-corrected chi connectivity index (χ4v) is 3.13. The van der Waals surface area contributed by atoms with Crippen molar-refractivity contribution in [1.29, 1.82) is 0 Å². The number of aliphatic hydroxyl groups excluding tert-OH is 2. The second kappa shape index (κ2) is 6.65. The molecule has 0 radical (unpaired) electrons. The van der Waals surface area contributed by atoms with Gasteiger partial charge in [-0.3, -0.25) is 4.79 Å². The normalized spacial score (nSPS) is 12.7. The van der Waals surface area contributed by atoms with Crippen LogP contribution in [0, 0.1) is 0 Å². The number of Topliss-reactive ketones (excluding diaryl/α,β-unsaturated/α-hetero) is 1. The molecule has 1 aromatic heterocycles. The molecule has 0 bridgehead atoms. The summed E-state index contributed by atoms with van der Waals surface area (Å²) in [4.78, 5) is 12.3. The fraction of sp³-hybridized carbons (Fsp3) is 0.444. The van der Waals surface area contributed by atoms with Crippen LogP contribution in [0.15, 0.2) is 15.9 Å². The van der Waals surface area contributed by atoms with Gasteiger partial charge in [-0.1, -0.05) is 0 Å². The van der Waals surface area contributed by atoms with E-state index in [1.54, 1.807) is 6.07 Å². The topological polar surface area (TPSA) is 57.5 Å². The molecule has 1 unspecified atom stereocenters. The summed E-state index contributed by atoms with van der Waals surface area (Å²) in [5.74, 6) is 0.777. The maximum absolute atomic E-state index is 11.6. The quantitative estimate of drug-likeness (QED) is 0.786. The monoisotopic (exact) mass is 310 g/mol. The molecule has 1 aromatic rings. The van der Waals surface area contributed by atoms with E-state index in [4.69, 9.17) is 10.2 Å². The minimum atomic E-state index is -0.738. The number of rotatable bonds is 6. The summed E-state index contributed by atoms with van der Waals surface area (Å²) in [7, 11) is 0. The maximum atomic E-state index is 11.6. The predicted molar refractivity (Wildman–Crippen MR) is 66.8 cm³/mol. The minimum Gasteiger partial charge on any atom is -0.394 e. The van der Waals surface area contributed by atoms with Gasteiger partial charge < -0.3 is 10.2 Å². The molecule has 0 saturated carbocycles. The lowest BCUT2D eigenvalue weighted by Crippen LogP contribution is -2.16.